The molecule has 1 unspecified atom stereocenters. The molecule has 1 aliphatic rings. The van der Waals surface area contributed by atoms with Crippen molar-refractivity contribution < 1.29 is 9.59 Å². The second-order valence-corrected chi connectivity index (χ2v) is 5.06. The summed E-state index contributed by atoms with van der Waals surface area (Å²) in [6, 6.07) is 5.30. The van der Waals surface area contributed by atoms with Crippen LogP contribution in [0.2, 0.25) is 0 Å². The Balaban J connectivity index is 2.05. The molecule has 0 saturated carbocycles. The minimum Gasteiger partial charge on any atom is -0.399 e. The summed E-state index contributed by atoms with van der Waals surface area (Å²) in [5, 5.41) is 2.97. The van der Waals surface area contributed by atoms with Crippen molar-refractivity contribution in [2.24, 2.45) is 0 Å². The summed E-state index contributed by atoms with van der Waals surface area (Å²) in [7, 11) is 1.76. The minimum absolute atomic E-state index is 0.0102. The monoisotopic (exact) mass is 261 g/mol. The fourth-order valence-electron chi connectivity index (χ4n) is 2.28. The number of carbonyl (C=O) groups is 2. The normalized spacial score (nSPS) is 19.4. The first-order valence-electron chi connectivity index (χ1n) is 6.38. The number of carbonyl (C=O) groups excluding carboxylic acids is 2. The zero-order chi connectivity index (χ0) is 14.0. The van der Waals surface area contributed by atoms with Crippen LogP contribution in [0.25, 0.3) is 0 Å². The Morgan fingerprint density at radius 3 is 2.89 bits per heavy atom. The van der Waals surface area contributed by atoms with Gasteiger partial charge in [-0.3, -0.25) is 9.59 Å². The average molecular weight is 261 g/mol. The van der Waals surface area contributed by atoms with Crippen LogP contribution >= 0.6 is 0 Å². The van der Waals surface area contributed by atoms with E-state index in [9.17, 15) is 9.59 Å². The van der Waals surface area contributed by atoms with Crippen LogP contribution in [0.15, 0.2) is 18.2 Å². The fourth-order valence-corrected chi connectivity index (χ4v) is 2.28. The van der Waals surface area contributed by atoms with Crippen molar-refractivity contribution in [1.82, 2.24) is 10.2 Å². The van der Waals surface area contributed by atoms with Gasteiger partial charge in [0.25, 0.3) is 5.91 Å². The predicted molar refractivity (Wildman–Crippen MR) is 73.7 cm³/mol. The van der Waals surface area contributed by atoms with Crippen LogP contribution in [0.1, 0.15) is 28.8 Å². The molecular formula is C14H19N3O2. The predicted octanol–water partition coefficient (Wildman–Crippen LogP) is 0.928. The third-order valence-corrected chi connectivity index (χ3v) is 3.47. The second kappa shape index (κ2) is 5.30. The highest BCUT2D eigenvalue weighted by Crippen LogP contribution is 2.14. The summed E-state index contributed by atoms with van der Waals surface area (Å²) in [5.74, 6) is 0.00295. The van der Waals surface area contributed by atoms with Crippen LogP contribution in [0, 0.1) is 6.92 Å². The zero-order valence-electron chi connectivity index (χ0n) is 11.3. The first kappa shape index (κ1) is 13.4. The molecule has 2 amide bonds. The van der Waals surface area contributed by atoms with Crippen LogP contribution in [0.5, 0.6) is 0 Å². The number of benzene rings is 1. The quantitative estimate of drug-likeness (QED) is 0.778. The number of aryl methyl sites for hydroxylation is 1. The van der Waals surface area contributed by atoms with Gasteiger partial charge >= 0.3 is 0 Å². The molecule has 102 valence electrons. The molecule has 1 atom stereocenters. The van der Waals surface area contributed by atoms with Crippen LogP contribution in [0.4, 0.5) is 5.69 Å². The van der Waals surface area contributed by atoms with Crippen LogP contribution in [0.3, 0.4) is 0 Å². The summed E-state index contributed by atoms with van der Waals surface area (Å²) >= 11 is 0. The molecule has 0 radical (unpaired) electrons. The Bertz CT molecular complexity index is 513. The molecule has 0 aliphatic carbocycles. The van der Waals surface area contributed by atoms with E-state index in [0.717, 1.165) is 5.56 Å². The van der Waals surface area contributed by atoms with Crippen LogP contribution < -0.4 is 11.1 Å². The number of nitrogens with zero attached hydrogens (tertiary/aromatic N) is 1. The Labute approximate surface area is 112 Å². The largest absolute Gasteiger partial charge is 0.399 e. The molecule has 2 rings (SSSR count). The number of nitrogens with one attached hydrogen (secondary N) is 1. The van der Waals surface area contributed by atoms with Gasteiger partial charge in [-0.05, 0) is 31.0 Å². The van der Waals surface area contributed by atoms with Crippen LogP contribution in [-0.2, 0) is 4.79 Å². The molecule has 1 heterocycles. The lowest BCUT2D eigenvalue weighted by atomic mass is 10.0. The number of hydrogen-bond acceptors (Lipinski definition) is 3. The lowest BCUT2D eigenvalue weighted by Crippen LogP contribution is -2.48. The maximum atomic E-state index is 12.2. The van der Waals surface area contributed by atoms with E-state index < -0.39 is 0 Å². The molecular weight excluding hydrogens is 242 g/mol. The molecule has 0 bridgehead atoms. The molecule has 5 nitrogen and oxygen atoms in total. The molecule has 1 fully saturated rings. The third kappa shape index (κ3) is 3.05. The number of likely N-dealkylation sites (tertiary alicyclic amines) is 1. The number of likely N-dealkylation sites (N-methyl/N-ethyl adjacent to an activating group) is 1. The van der Waals surface area contributed by atoms with E-state index in [1.54, 1.807) is 24.1 Å². The van der Waals surface area contributed by atoms with Gasteiger partial charge in [-0.25, -0.2) is 0 Å². The number of nitrogens with two attached hydrogens (primary N) is 1. The highest BCUT2D eigenvalue weighted by molar-refractivity contribution is 5.96. The Hall–Kier alpha value is -2.04. The van der Waals surface area contributed by atoms with Crippen molar-refractivity contribution in [3.8, 4) is 0 Å². The molecule has 1 saturated heterocycles. The fraction of sp³-hybridized carbons (Fsp3) is 0.429. The summed E-state index contributed by atoms with van der Waals surface area (Å²) in [6.07, 6.45) is 1.17. The molecule has 5 heteroatoms. The second-order valence-electron chi connectivity index (χ2n) is 5.06. The maximum absolute atomic E-state index is 12.2. The van der Waals surface area contributed by atoms with Crippen molar-refractivity contribution in [3.05, 3.63) is 29.3 Å². The topological polar surface area (TPSA) is 75.4 Å². The van der Waals surface area contributed by atoms with Crippen molar-refractivity contribution in [2.45, 2.75) is 25.8 Å². The molecule has 3 N–H and O–H groups in total. The number of anilines is 1. The number of amides is 2. The molecule has 0 spiro atoms. The molecule has 19 heavy (non-hydrogen) atoms. The van der Waals surface area contributed by atoms with Crippen molar-refractivity contribution in [3.63, 3.8) is 0 Å². The van der Waals surface area contributed by atoms with Gasteiger partial charge in [0.1, 0.15) is 0 Å². The van der Waals surface area contributed by atoms with E-state index in [1.165, 1.54) is 0 Å². The summed E-state index contributed by atoms with van der Waals surface area (Å²) < 4.78 is 0. The number of piperidine rings is 1. The Kier molecular flexibility index (Phi) is 3.74. The molecule has 0 aromatic heterocycles. The van der Waals surface area contributed by atoms with Crippen molar-refractivity contribution in [1.29, 1.82) is 0 Å². The number of rotatable bonds is 2. The van der Waals surface area contributed by atoms with E-state index in [0.29, 0.717) is 30.6 Å². The lowest BCUT2D eigenvalue weighted by molar-refractivity contribution is -0.132. The number of hydrogen-bond donors (Lipinski definition) is 2. The molecule has 1 aromatic rings. The van der Waals surface area contributed by atoms with E-state index in [4.69, 9.17) is 5.73 Å². The summed E-state index contributed by atoms with van der Waals surface area (Å²) in [5.41, 5.74) is 7.77. The first-order chi connectivity index (χ1) is 8.97. The highest BCUT2D eigenvalue weighted by atomic mass is 16.2. The minimum atomic E-state index is -0.127. The van der Waals surface area contributed by atoms with Gasteiger partial charge in [0.2, 0.25) is 5.91 Å². The third-order valence-electron chi connectivity index (χ3n) is 3.47. The Morgan fingerprint density at radius 1 is 1.47 bits per heavy atom. The van der Waals surface area contributed by atoms with Gasteiger partial charge in [-0.15, -0.1) is 0 Å². The number of nitrogen functional groups attached to an aromatic ring is 1. The molecule has 1 aromatic carbocycles. The summed E-state index contributed by atoms with van der Waals surface area (Å²) in [4.78, 5) is 25.2. The Morgan fingerprint density at radius 2 is 2.21 bits per heavy atom. The van der Waals surface area contributed by atoms with Gasteiger partial charge in [0, 0.05) is 37.3 Å². The van der Waals surface area contributed by atoms with Crippen molar-refractivity contribution in [2.75, 3.05) is 19.3 Å². The van der Waals surface area contributed by atoms with Gasteiger partial charge in [0.05, 0.1) is 0 Å². The first-order valence-corrected chi connectivity index (χ1v) is 6.38. The van der Waals surface area contributed by atoms with Crippen molar-refractivity contribution >= 4 is 17.5 Å². The van der Waals surface area contributed by atoms with E-state index in [-0.39, 0.29) is 17.9 Å². The highest BCUT2D eigenvalue weighted by Gasteiger charge is 2.24. The average Bonchev–Trinajstić information content (AvgIpc) is 2.36. The standard InChI is InChI=1S/C14H19N3O2/c1-9-3-4-10(15)7-12(9)14(19)16-11-5-6-13(18)17(2)8-11/h3-4,7,11H,5-6,8,15H2,1-2H3,(H,16,19). The smallest absolute Gasteiger partial charge is 0.251 e. The van der Waals surface area contributed by atoms with Gasteiger partial charge in [0.15, 0.2) is 0 Å². The molecule has 1 aliphatic heterocycles. The van der Waals surface area contributed by atoms with E-state index >= 15 is 0 Å². The summed E-state index contributed by atoms with van der Waals surface area (Å²) in [6.45, 7) is 2.44. The van der Waals surface area contributed by atoms with Gasteiger partial charge in [-0.2, -0.15) is 0 Å². The van der Waals surface area contributed by atoms with Gasteiger partial charge in [-0.1, -0.05) is 6.07 Å². The SMILES string of the molecule is Cc1ccc(N)cc1C(=O)NC1CCC(=O)N(C)C1. The van der Waals surface area contributed by atoms with E-state index in [2.05, 4.69) is 5.32 Å². The van der Waals surface area contributed by atoms with E-state index in [1.807, 2.05) is 13.0 Å². The lowest BCUT2D eigenvalue weighted by Gasteiger charge is -2.30. The zero-order valence-corrected chi connectivity index (χ0v) is 11.3. The van der Waals surface area contributed by atoms with Gasteiger partial charge < -0.3 is 16.0 Å². The van der Waals surface area contributed by atoms with Crippen LogP contribution in [-0.4, -0.2) is 36.3 Å². The maximum Gasteiger partial charge on any atom is 0.251 e.